The lowest BCUT2D eigenvalue weighted by Crippen LogP contribution is -2.03. The number of carbonyl (C=O) groups excluding carboxylic acids is 1. The molecule has 0 atom stereocenters. The van der Waals surface area contributed by atoms with E-state index in [9.17, 15) is 4.79 Å². The van der Waals surface area contributed by atoms with Crippen LogP contribution >= 0.6 is 0 Å². The van der Waals surface area contributed by atoms with E-state index in [1.54, 1.807) is 0 Å². The zero-order valence-electron chi connectivity index (χ0n) is 12.7. The number of ether oxygens (including phenoxy) is 1. The van der Waals surface area contributed by atoms with Crippen LogP contribution in [-0.4, -0.2) is 17.4 Å². The highest BCUT2D eigenvalue weighted by atomic mass is 16.5. The van der Waals surface area contributed by atoms with Gasteiger partial charge in [-0.2, -0.15) is 0 Å². The molecule has 2 aromatic rings. The predicted octanol–water partition coefficient (Wildman–Crippen LogP) is 4.72. The summed E-state index contributed by atoms with van der Waals surface area (Å²) < 4.78 is 5.67. The Balaban J connectivity index is 1.80. The fourth-order valence-electron chi connectivity index (χ4n) is 3.42. The highest BCUT2D eigenvalue weighted by Gasteiger charge is 2.19. The monoisotopic (exact) mass is 285 g/mol. The Morgan fingerprint density at radius 1 is 1.33 bits per heavy atom. The van der Waals surface area contributed by atoms with Crippen molar-refractivity contribution in [2.45, 2.75) is 45.4 Å². The first kappa shape index (κ1) is 14.2. The molecular weight excluding hydrogens is 262 g/mol. The van der Waals surface area contributed by atoms with E-state index in [1.165, 1.54) is 25.7 Å². The minimum absolute atomic E-state index is 0.236. The van der Waals surface area contributed by atoms with Crippen molar-refractivity contribution in [2.75, 3.05) is 6.61 Å². The summed E-state index contributed by atoms with van der Waals surface area (Å²) in [6, 6.07) is 5.88. The van der Waals surface area contributed by atoms with E-state index in [-0.39, 0.29) is 5.78 Å². The molecule has 0 unspecified atom stereocenters. The van der Waals surface area contributed by atoms with Gasteiger partial charge < -0.3 is 9.72 Å². The van der Waals surface area contributed by atoms with Crippen LogP contribution in [0.1, 0.15) is 55.8 Å². The molecule has 1 aliphatic carbocycles. The highest BCUT2D eigenvalue weighted by Crippen LogP contribution is 2.32. The summed E-state index contributed by atoms with van der Waals surface area (Å²) >= 11 is 0. The molecule has 112 valence electrons. The van der Waals surface area contributed by atoms with Crippen LogP contribution in [0.3, 0.4) is 0 Å². The van der Waals surface area contributed by atoms with Crippen LogP contribution in [0, 0.1) is 5.92 Å². The van der Waals surface area contributed by atoms with E-state index in [0.717, 1.165) is 34.6 Å². The maximum atomic E-state index is 12.6. The molecule has 3 nitrogen and oxygen atoms in total. The van der Waals surface area contributed by atoms with Crippen LogP contribution in [0.25, 0.3) is 10.9 Å². The van der Waals surface area contributed by atoms with Gasteiger partial charge in [0, 0.05) is 23.7 Å². The normalized spacial score (nSPS) is 15.7. The van der Waals surface area contributed by atoms with Crippen molar-refractivity contribution in [2.24, 2.45) is 5.92 Å². The third-order valence-corrected chi connectivity index (χ3v) is 4.52. The summed E-state index contributed by atoms with van der Waals surface area (Å²) in [6.45, 7) is 2.58. The molecule has 1 N–H and O–H groups in total. The fourth-order valence-corrected chi connectivity index (χ4v) is 3.42. The van der Waals surface area contributed by atoms with Crippen molar-refractivity contribution in [3.63, 3.8) is 0 Å². The zero-order valence-corrected chi connectivity index (χ0v) is 12.7. The Hall–Kier alpha value is -1.77. The van der Waals surface area contributed by atoms with Crippen LogP contribution in [0.5, 0.6) is 5.75 Å². The molecule has 1 saturated carbocycles. The highest BCUT2D eigenvalue weighted by molar-refractivity contribution is 6.09. The van der Waals surface area contributed by atoms with Gasteiger partial charge in [-0.05, 0) is 31.4 Å². The Morgan fingerprint density at radius 3 is 2.90 bits per heavy atom. The number of carbonyl (C=O) groups is 1. The third-order valence-electron chi connectivity index (χ3n) is 4.52. The summed E-state index contributed by atoms with van der Waals surface area (Å²) in [5.74, 6) is 1.80. The number of aromatic amines is 1. The molecule has 0 aliphatic heterocycles. The van der Waals surface area contributed by atoms with Crippen molar-refractivity contribution in [3.8, 4) is 5.75 Å². The number of benzene rings is 1. The van der Waals surface area contributed by atoms with Crippen LogP contribution in [-0.2, 0) is 0 Å². The summed E-state index contributed by atoms with van der Waals surface area (Å²) in [5, 5.41) is 0.941. The number of Topliss-reactive ketones (excluding diaryl/α,β-unsaturated/α-hetero) is 1. The number of rotatable bonds is 6. The Bertz CT molecular complexity index is 623. The molecule has 1 aromatic carbocycles. The summed E-state index contributed by atoms with van der Waals surface area (Å²) in [4.78, 5) is 15.8. The molecule has 0 amide bonds. The molecule has 1 fully saturated rings. The van der Waals surface area contributed by atoms with Gasteiger partial charge >= 0.3 is 0 Å². The molecular formula is C18H23NO2. The van der Waals surface area contributed by atoms with E-state index < -0.39 is 0 Å². The van der Waals surface area contributed by atoms with Gasteiger partial charge in [0.2, 0.25) is 0 Å². The lowest BCUT2D eigenvalue weighted by Gasteiger charge is -2.09. The molecule has 1 aliphatic rings. The smallest absolute Gasteiger partial charge is 0.165 e. The molecule has 1 heterocycles. The molecule has 3 rings (SSSR count). The molecule has 1 aromatic heterocycles. The number of fused-ring (bicyclic) bond motifs is 1. The first-order valence-electron chi connectivity index (χ1n) is 8.05. The van der Waals surface area contributed by atoms with Gasteiger partial charge in [-0.1, -0.05) is 31.7 Å². The molecule has 0 spiro atoms. The number of hydrogen-bond acceptors (Lipinski definition) is 2. The van der Waals surface area contributed by atoms with E-state index in [0.29, 0.717) is 13.0 Å². The second-order valence-corrected chi connectivity index (χ2v) is 5.93. The number of ketones is 1. The van der Waals surface area contributed by atoms with Gasteiger partial charge in [-0.25, -0.2) is 0 Å². The van der Waals surface area contributed by atoms with Crippen LogP contribution in [0.4, 0.5) is 0 Å². The van der Waals surface area contributed by atoms with Crippen molar-refractivity contribution in [3.05, 3.63) is 30.0 Å². The number of H-pyrrole nitrogens is 1. The minimum Gasteiger partial charge on any atom is -0.493 e. The molecule has 21 heavy (non-hydrogen) atoms. The van der Waals surface area contributed by atoms with Gasteiger partial charge in [0.15, 0.2) is 5.78 Å². The van der Waals surface area contributed by atoms with E-state index in [1.807, 2.05) is 31.3 Å². The van der Waals surface area contributed by atoms with Crippen LogP contribution < -0.4 is 4.74 Å². The largest absolute Gasteiger partial charge is 0.493 e. The van der Waals surface area contributed by atoms with Crippen molar-refractivity contribution < 1.29 is 9.53 Å². The maximum absolute atomic E-state index is 12.6. The summed E-state index contributed by atoms with van der Waals surface area (Å²) in [7, 11) is 0. The van der Waals surface area contributed by atoms with Crippen LogP contribution in [0.15, 0.2) is 24.4 Å². The van der Waals surface area contributed by atoms with Crippen molar-refractivity contribution in [1.29, 1.82) is 0 Å². The molecule has 3 heteroatoms. The molecule has 0 saturated heterocycles. The number of hydrogen-bond donors (Lipinski definition) is 1. The Kier molecular flexibility index (Phi) is 4.28. The van der Waals surface area contributed by atoms with Gasteiger partial charge in [0.05, 0.1) is 12.0 Å². The van der Waals surface area contributed by atoms with Crippen molar-refractivity contribution >= 4 is 16.7 Å². The summed E-state index contributed by atoms with van der Waals surface area (Å²) in [5.41, 5.74) is 1.76. The SMILES string of the molecule is CCOc1cccc2[nH]cc(C(=O)CCC3CCCC3)c12. The van der Waals surface area contributed by atoms with E-state index in [2.05, 4.69) is 4.98 Å². The first-order valence-corrected chi connectivity index (χ1v) is 8.05. The maximum Gasteiger partial charge on any atom is 0.165 e. The Morgan fingerprint density at radius 2 is 2.14 bits per heavy atom. The van der Waals surface area contributed by atoms with Gasteiger partial charge in [-0.3, -0.25) is 4.79 Å². The summed E-state index contributed by atoms with van der Waals surface area (Å²) in [6.07, 6.45) is 8.78. The molecule has 0 radical (unpaired) electrons. The number of aromatic nitrogens is 1. The third kappa shape index (κ3) is 2.97. The topological polar surface area (TPSA) is 42.1 Å². The first-order chi connectivity index (χ1) is 10.3. The quantitative estimate of drug-likeness (QED) is 0.780. The fraction of sp³-hybridized carbons (Fsp3) is 0.500. The van der Waals surface area contributed by atoms with Gasteiger partial charge in [0.25, 0.3) is 0 Å². The van der Waals surface area contributed by atoms with E-state index >= 15 is 0 Å². The van der Waals surface area contributed by atoms with E-state index in [4.69, 9.17) is 4.74 Å². The van der Waals surface area contributed by atoms with Crippen LogP contribution in [0.2, 0.25) is 0 Å². The lowest BCUT2D eigenvalue weighted by molar-refractivity contribution is 0.0975. The lowest BCUT2D eigenvalue weighted by atomic mass is 9.97. The average Bonchev–Trinajstić information content (AvgIpc) is 3.15. The van der Waals surface area contributed by atoms with Gasteiger partial charge in [-0.15, -0.1) is 0 Å². The predicted molar refractivity (Wildman–Crippen MR) is 85.0 cm³/mol. The number of nitrogens with one attached hydrogen (secondary N) is 1. The second kappa shape index (κ2) is 6.33. The minimum atomic E-state index is 0.236. The van der Waals surface area contributed by atoms with Gasteiger partial charge in [0.1, 0.15) is 5.75 Å². The molecule has 0 bridgehead atoms. The average molecular weight is 285 g/mol. The Labute approximate surface area is 125 Å². The standard InChI is InChI=1S/C18H23NO2/c1-2-21-17-9-5-8-15-18(17)14(12-19-15)16(20)11-10-13-6-3-4-7-13/h5,8-9,12-13,19H,2-4,6-7,10-11H2,1H3. The zero-order chi connectivity index (χ0) is 14.7. The second-order valence-electron chi connectivity index (χ2n) is 5.93. The van der Waals surface area contributed by atoms with Crippen molar-refractivity contribution in [1.82, 2.24) is 4.98 Å².